The first-order valence-corrected chi connectivity index (χ1v) is 6.29. The highest BCUT2D eigenvalue weighted by atomic mass is 127. The second kappa shape index (κ2) is 4.67. The second-order valence-corrected chi connectivity index (χ2v) is 5.17. The summed E-state index contributed by atoms with van der Waals surface area (Å²) in [5, 5.41) is 0.505. The van der Waals surface area contributed by atoms with E-state index in [-0.39, 0.29) is 0 Å². The van der Waals surface area contributed by atoms with Crippen LogP contribution in [0.25, 0.3) is 11.4 Å². The highest BCUT2D eigenvalue weighted by Gasteiger charge is 2.07. The number of hydrogen-bond donors (Lipinski definition) is 0. The van der Waals surface area contributed by atoms with Crippen molar-refractivity contribution in [3.8, 4) is 11.4 Å². The number of hydrogen-bond acceptors (Lipinski definition) is 2. The molecule has 0 amide bonds. The molecule has 0 spiro atoms. The number of aryl methyl sites for hydroxylation is 2. The molecule has 1 aromatic carbocycles. The number of rotatable bonds is 1. The normalized spacial score (nSPS) is 10.5. The van der Waals surface area contributed by atoms with Crippen LogP contribution in [0.3, 0.4) is 0 Å². The van der Waals surface area contributed by atoms with Gasteiger partial charge in [0.2, 0.25) is 0 Å². The van der Waals surface area contributed by atoms with E-state index in [2.05, 4.69) is 58.5 Å². The van der Waals surface area contributed by atoms with Gasteiger partial charge in [0.1, 0.15) is 5.15 Å². The molecule has 0 N–H and O–H groups in total. The van der Waals surface area contributed by atoms with Crippen molar-refractivity contribution in [2.75, 3.05) is 0 Å². The summed E-state index contributed by atoms with van der Waals surface area (Å²) in [6.07, 6.45) is 1.74. The van der Waals surface area contributed by atoms with Gasteiger partial charge in [-0.2, -0.15) is 0 Å². The number of halogens is 2. The van der Waals surface area contributed by atoms with Gasteiger partial charge in [0.05, 0.1) is 3.57 Å². The Morgan fingerprint density at radius 2 is 2.00 bits per heavy atom. The van der Waals surface area contributed by atoms with Crippen LogP contribution in [0.4, 0.5) is 0 Å². The topological polar surface area (TPSA) is 25.8 Å². The predicted octanol–water partition coefficient (Wildman–Crippen LogP) is 4.02. The second-order valence-electron chi connectivity index (χ2n) is 3.65. The van der Waals surface area contributed by atoms with E-state index in [4.69, 9.17) is 11.6 Å². The Morgan fingerprint density at radius 1 is 1.25 bits per heavy atom. The zero-order chi connectivity index (χ0) is 11.7. The van der Waals surface area contributed by atoms with Gasteiger partial charge in [-0.25, -0.2) is 9.97 Å². The van der Waals surface area contributed by atoms with Crippen LogP contribution in [0.2, 0.25) is 5.15 Å². The van der Waals surface area contributed by atoms with E-state index in [1.807, 2.05) is 6.07 Å². The van der Waals surface area contributed by atoms with Crippen molar-refractivity contribution in [3.63, 3.8) is 0 Å². The lowest BCUT2D eigenvalue weighted by atomic mass is 10.1. The van der Waals surface area contributed by atoms with Gasteiger partial charge in [0.25, 0.3) is 0 Å². The zero-order valence-electron chi connectivity index (χ0n) is 8.96. The van der Waals surface area contributed by atoms with Gasteiger partial charge in [0.15, 0.2) is 5.82 Å². The molecule has 16 heavy (non-hydrogen) atoms. The summed E-state index contributed by atoms with van der Waals surface area (Å²) in [5.41, 5.74) is 3.43. The lowest BCUT2D eigenvalue weighted by molar-refractivity contribution is 1.15. The van der Waals surface area contributed by atoms with Crippen LogP contribution >= 0.6 is 34.2 Å². The quantitative estimate of drug-likeness (QED) is 0.577. The smallest absolute Gasteiger partial charge is 0.161 e. The molecule has 4 heteroatoms. The van der Waals surface area contributed by atoms with Crippen molar-refractivity contribution in [2.24, 2.45) is 0 Å². The molecule has 2 aromatic rings. The first kappa shape index (κ1) is 11.8. The van der Waals surface area contributed by atoms with E-state index in [0.29, 0.717) is 11.0 Å². The standard InChI is InChI=1S/C12H10ClIN2/c1-7-3-4-9(8(2)5-7)12-15-6-10(14)11(13)16-12/h3-6H,1-2H3. The molecular weight excluding hydrogens is 335 g/mol. The summed E-state index contributed by atoms with van der Waals surface area (Å²) in [6, 6.07) is 6.20. The fourth-order valence-electron chi connectivity index (χ4n) is 1.54. The van der Waals surface area contributed by atoms with Crippen LogP contribution in [-0.2, 0) is 0 Å². The Hall–Kier alpha value is -0.680. The summed E-state index contributed by atoms with van der Waals surface area (Å²) >= 11 is 8.11. The summed E-state index contributed by atoms with van der Waals surface area (Å²) in [4.78, 5) is 8.58. The van der Waals surface area contributed by atoms with Crippen molar-refractivity contribution in [3.05, 3.63) is 44.2 Å². The third-order valence-electron chi connectivity index (χ3n) is 2.32. The number of aromatic nitrogens is 2. The summed E-state index contributed by atoms with van der Waals surface area (Å²) < 4.78 is 0.868. The molecule has 0 saturated carbocycles. The van der Waals surface area contributed by atoms with Crippen LogP contribution in [-0.4, -0.2) is 9.97 Å². The first-order chi connectivity index (χ1) is 7.58. The maximum atomic E-state index is 5.99. The fraction of sp³-hybridized carbons (Fsp3) is 0.167. The molecule has 82 valence electrons. The fourth-order valence-corrected chi connectivity index (χ4v) is 1.93. The minimum atomic E-state index is 0.505. The summed E-state index contributed by atoms with van der Waals surface area (Å²) in [6.45, 7) is 4.12. The van der Waals surface area contributed by atoms with Gasteiger partial charge in [-0.3, -0.25) is 0 Å². The summed E-state index contributed by atoms with van der Waals surface area (Å²) in [5.74, 6) is 0.683. The van der Waals surface area contributed by atoms with Crippen LogP contribution in [0.15, 0.2) is 24.4 Å². The highest BCUT2D eigenvalue weighted by molar-refractivity contribution is 14.1. The molecule has 1 aromatic heterocycles. The predicted molar refractivity (Wildman–Crippen MR) is 74.7 cm³/mol. The summed E-state index contributed by atoms with van der Waals surface area (Å²) in [7, 11) is 0. The van der Waals surface area contributed by atoms with Gasteiger partial charge in [-0.05, 0) is 42.0 Å². The molecular formula is C12H10ClIN2. The van der Waals surface area contributed by atoms with Crippen molar-refractivity contribution in [1.29, 1.82) is 0 Å². The van der Waals surface area contributed by atoms with Gasteiger partial charge in [-0.15, -0.1) is 0 Å². The molecule has 1 heterocycles. The van der Waals surface area contributed by atoms with E-state index in [0.717, 1.165) is 14.7 Å². The van der Waals surface area contributed by atoms with Gasteiger partial charge in [0, 0.05) is 11.8 Å². The van der Waals surface area contributed by atoms with Crippen molar-refractivity contribution in [2.45, 2.75) is 13.8 Å². The van der Waals surface area contributed by atoms with Crippen molar-refractivity contribution in [1.82, 2.24) is 9.97 Å². The SMILES string of the molecule is Cc1ccc(-c2ncc(I)c(Cl)n2)c(C)c1. The third kappa shape index (κ3) is 2.35. The lowest BCUT2D eigenvalue weighted by Crippen LogP contribution is -1.93. The molecule has 0 aliphatic carbocycles. The van der Waals surface area contributed by atoms with Crippen LogP contribution < -0.4 is 0 Å². The average molecular weight is 345 g/mol. The van der Waals surface area contributed by atoms with Gasteiger partial charge in [-0.1, -0.05) is 35.4 Å². The minimum absolute atomic E-state index is 0.505. The molecule has 2 nitrogen and oxygen atoms in total. The van der Waals surface area contributed by atoms with Gasteiger partial charge >= 0.3 is 0 Å². The molecule has 0 bridgehead atoms. The monoisotopic (exact) mass is 344 g/mol. The first-order valence-electron chi connectivity index (χ1n) is 4.83. The Morgan fingerprint density at radius 3 is 2.62 bits per heavy atom. The molecule has 0 fully saturated rings. The third-order valence-corrected chi connectivity index (χ3v) is 3.72. The maximum absolute atomic E-state index is 5.99. The van der Waals surface area contributed by atoms with Gasteiger partial charge < -0.3 is 0 Å². The number of nitrogens with zero attached hydrogens (tertiary/aromatic N) is 2. The molecule has 2 rings (SSSR count). The molecule has 0 aliphatic heterocycles. The van der Waals surface area contributed by atoms with Crippen LogP contribution in [0.1, 0.15) is 11.1 Å². The van der Waals surface area contributed by atoms with Crippen LogP contribution in [0.5, 0.6) is 0 Å². The Labute approximate surface area is 113 Å². The molecule has 0 aliphatic rings. The molecule has 0 saturated heterocycles. The Kier molecular flexibility index (Phi) is 3.44. The largest absolute Gasteiger partial charge is 0.235 e. The van der Waals surface area contributed by atoms with Crippen molar-refractivity contribution < 1.29 is 0 Å². The Balaban J connectivity index is 2.54. The Bertz CT molecular complexity index is 541. The van der Waals surface area contributed by atoms with E-state index in [1.165, 1.54) is 5.56 Å². The molecule has 0 atom stereocenters. The lowest BCUT2D eigenvalue weighted by Gasteiger charge is -2.06. The van der Waals surface area contributed by atoms with E-state index < -0.39 is 0 Å². The highest BCUT2D eigenvalue weighted by Crippen LogP contribution is 2.23. The maximum Gasteiger partial charge on any atom is 0.161 e. The zero-order valence-corrected chi connectivity index (χ0v) is 11.9. The van der Waals surface area contributed by atoms with E-state index in [9.17, 15) is 0 Å². The van der Waals surface area contributed by atoms with Crippen molar-refractivity contribution >= 4 is 34.2 Å². The number of benzene rings is 1. The molecule has 0 radical (unpaired) electrons. The van der Waals surface area contributed by atoms with E-state index >= 15 is 0 Å². The average Bonchev–Trinajstić information content (AvgIpc) is 2.22. The molecule has 0 unspecified atom stereocenters. The van der Waals surface area contributed by atoms with E-state index in [1.54, 1.807) is 6.20 Å². The van der Waals surface area contributed by atoms with Crippen LogP contribution in [0, 0.1) is 17.4 Å². The minimum Gasteiger partial charge on any atom is -0.235 e.